The Kier molecular flexibility index (Phi) is 5.22. The quantitative estimate of drug-likeness (QED) is 0.533. The Morgan fingerprint density at radius 2 is 2.22 bits per heavy atom. The van der Waals surface area contributed by atoms with Crippen molar-refractivity contribution >= 4 is 21.4 Å². The predicted octanol–water partition coefficient (Wildman–Crippen LogP) is 1.21. The molecule has 0 bridgehead atoms. The molecule has 0 saturated carbocycles. The number of rotatable bonds is 6. The molecular weight excluding hydrogens is 374 g/mol. The van der Waals surface area contributed by atoms with E-state index in [1.54, 1.807) is 0 Å². The number of carbonyl (C=O) groups is 1. The Morgan fingerprint density at radius 1 is 1.44 bits per heavy atom. The molecule has 0 spiro atoms. The van der Waals surface area contributed by atoms with Gasteiger partial charge in [-0.1, -0.05) is 6.92 Å². The summed E-state index contributed by atoms with van der Waals surface area (Å²) < 4.78 is 24.8. The van der Waals surface area contributed by atoms with Gasteiger partial charge in [0.05, 0.1) is 16.4 Å². The fourth-order valence-electron chi connectivity index (χ4n) is 3.21. The zero-order valence-electron chi connectivity index (χ0n) is 14.7. The lowest BCUT2D eigenvalue weighted by Gasteiger charge is -2.28. The van der Waals surface area contributed by atoms with Gasteiger partial charge in [-0.25, -0.2) is 18.1 Å². The van der Waals surface area contributed by atoms with Crippen molar-refractivity contribution in [3.8, 4) is 5.69 Å². The van der Waals surface area contributed by atoms with Crippen LogP contribution in [0.25, 0.3) is 5.69 Å². The summed E-state index contributed by atoms with van der Waals surface area (Å²) in [5.41, 5.74) is 0.0599. The van der Waals surface area contributed by atoms with Gasteiger partial charge in [0.15, 0.2) is 9.84 Å². The van der Waals surface area contributed by atoms with Crippen LogP contribution >= 0.6 is 0 Å². The summed E-state index contributed by atoms with van der Waals surface area (Å²) in [6, 6.07) is 3.72. The monoisotopic (exact) mass is 393 g/mol. The fraction of sp³-hybridized carbons (Fsp3) is 0.438. The minimum absolute atomic E-state index is 0.0521. The van der Waals surface area contributed by atoms with E-state index >= 15 is 0 Å². The highest BCUT2D eigenvalue weighted by Crippen LogP contribution is 2.26. The highest BCUT2D eigenvalue weighted by Gasteiger charge is 2.35. The normalized spacial score (nSPS) is 18.3. The lowest BCUT2D eigenvalue weighted by Crippen LogP contribution is -2.41. The number of amides is 1. The summed E-state index contributed by atoms with van der Waals surface area (Å²) in [6.07, 6.45) is 3.62. The molecule has 0 N–H and O–H groups in total. The molecule has 1 amide bonds. The maximum Gasteiger partial charge on any atom is 0.295 e. The zero-order valence-corrected chi connectivity index (χ0v) is 15.5. The third kappa shape index (κ3) is 3.97. The first kappa shape index (κ1) is 19.0. The Hall–Kier alpha value is -2.82. The van der Waals surface area contributed by atoms with Crippen LogP contribution in [0, 0.1) is 10.1 Å². The van der Waals surface area contributed by atoms with Crippen LogP contribution in [0.15, 0.2) is 30.9 Å². The maximum atomic E-state index is 13.0. The fourth-order valence-corrected chi connectivity index (χ4v) is 4.94. The van der Waals surface area contributed by atoms with Crippen LogP contribution in [-0.2, 0) is 9.84 Å². The van der Waals surface area contributed by atoms with E-state index in [0.29, 0.717) is 19.4 Å². The molecule has 2 aromatic rings. The number of carbonyl (C=O) groups excluding carboxylic acids is 1. The molecule has 0 unspecified atom stereocenters. The first-order chi connectivity index (χ1) is 12.8. The summed E-state index contributed by atoms with van der Waals surface area (Å²) in [6.45, 7) is 2.28. The minimum atomic E-state index is -3.15. The van der Waals surface area contributed by atoms with Crippen molar-refractivity contribution in [2.45, 2.75) is 25.8 Å². The number of benzene rings is 1. The standard InChI is InChI=1S/C16H19N5O5S/c1-2-6-19(13-5-7-27(25,26)9-13)16(22)12-3-4-14(15(8-12)21(23)24)20-11-17-10-18-20/h3-4,8,10-11,13H,2,5-7,9H2,1H3/t13-/m0/s1. The SMILES string of the molecule is CCCN(C(=O)c1ccc(-n2cncn2)c([N+](=O)[O-])c1)[C@H]1CCS(=O)(=O)C1. The van der Waals surface area contributed by atoms with Gasteiger partial charge in [0.2, 0.25) is 0 Å². The summed E-state index contributed by atoms with van der Waals surface area (Å²) in [5.74, 6) is -0.429. The first-order valence-electron chi connectivity index (χ1n) is 8.47. The molecule has 0 radical (unpaired) electrons. The van der Waals surface area contributed by atoms with E-state index in [9.17, 15) is 23.3 Å². The van der Waals surface area contributed by atoms with Gasteiger partial charge < -0.3 is 4.90 Å². The van der Waals surface area contributed by atoms with Crippen molar-refractivity contribution in [1.82, 2.24) is 19.7 Å². The van der Waals surface area contributed by atoms with Gasteiger partial charge in [0.1, 0.15) is 18.3 Å². The molecule has 0 aliphatic carbocycles. The second kappa shape index (κ2) is 7.43. The van der Waals surface area contributed by atoms with Crippen molar-refractivity contribution in [1.29, 1.82) is 0 Å². The summed E-state index contributed by atoms with van der Waals surface area (Å²) in [4.78, 5) is 29.1. The Bertz CT molecular complexity index is 958. The van der Waals surface area contributed by atoms with Crippen molar-refractivity contribution in [2.75, 3.05) is 18.1 Å². The highest BCUT2D eigenvalue weighted by molar-refractivity contribution is 7.91. The van der Waals surface area contributed by atoms with E-state index in [2.05, 4.69) is 10.1 Å². The van der Waals surface area contributed by atoms with Crippen molar-refractivity contribution in [3.63, 3.8) is 0 Å². The Balaban J connectivity index is 1.95. The molecule has 3 rings (SSSR count). The number of nitro groups is 1. The van der Waals surface area contributed by atoms with Crippen LogP contribution in [0.3, 0.4) is 0 Å². The van der Waals surface area contributed by atoms with Gasteiger partial charge in [-0.05, 0) is 25.0 Å². The lowest BCUT2D eigenvalue weighted by molar-refractivity contribution is -0.384. The average molecular weight is 393 g/mol. The van der Waals surface area contributed by atoms with Crippen molar-refractivity contribution in [2.24, 2.45) is 0 Å². The second-order valence-corrected chi connectivity index (χ2v) is 8.58. The second-order valence-electron chi connectivity index (χ2n) is 6.36. The molecule has 10 nitrogen and oxygen atoms in total. The Labute approximate surface area is 155 Å². The number of aromatic nitrogens is 3. The molecule has 11 heteroatoms. The number of sulfone groups is 1. The van der Waals surface area contributed by atoms with E-state index in [1.165, 1.54) is 40.4 Å². The summed E-state index contributed by atoms with van der Waals surface area (Å²) in [5, 5.41) is 15.4. The molecule has 1 aliphatic heterocycles. The van der Waals surface area contributed by atoms with E-state index in [-0.39, 0.29) is 28.4 Å². The lowest BCUT2D eigenvalue weighted by atomic mass is 10.1. The van der Waals surface area contributed by atoms with Crippen LogP contribution in [-0.4, -0.2) is 63.0 Å². The van der Waals surface area contributed by atoms with Gasteiger partial charge in [-0.15, -0.1) is 0 Å². The molecule has 1 aliphatic rings. The van der Waals surface area contributed by atoms with Gasteiger partial charge >= 0.3 is 0 Å². The van der Waals surface area contributed by atoms with Gasteiger partial charge in [-0.2, -0.15) is 5.10 Å². The zero-order chi connectivity index (χ0) is 19.6. The minimum Gasteiger partial charge on any atom is -0.335 e. The largest absolute Gasteiger partial charge is 0.335 e. The van der Waals surface area contributed by atoms with E-state index in [1.807, 2.05) is 6.92 Å². The molecule has 1 fully saturated rings. The molecule has 1 saturated heterocycles. The van der Waals surface area contributed by atoms with Gasteiger partial charge in [0, 0.05) is 24.2 Å². The number of nitrogens with zero attached hydrogens (tertiary/aromatic N) is 5. The smallest absolute Gasteiger partial charge is 0.295 e. The maximum absolute atomic E-state index is 13.0. The molecule has 1 atom stereocenters. The van der Waals surface area contributed by atoms with Crippen LogP contribution in [0.4, 0.5) is 5.69 Å². The summed E-state index contributed by atoms with van der Waals surface area (Å²) in [7, 11) is -3.15. The number of nitro benzene ring substituents is 1. The van der Waals surface area contributed by atoms with Crippen molar-refractivity contribution < 1.29 is 18.1 Å². The predicted molar refractivity (Wildman–Crippen MR) is 96.4 cm³/mol. The highest BCUT2D eigenvalue weighted by atomic mass is 32.2. The molecule has 144 valence electrons. The van der Waals surface area contributed by atoms with Crippen LogP contribution < -0.4 is 0 Å². The topological polar surface area (TPSA) is 128 Å². The van der Waals surface area contributed by atoms with Gasteiger partial charge in [-0.3, -0.25) is 14.9 Å². The molecule has 1 aromatic carbocycles. The third-order valence-corrected chi connectivity index (χ3v) is 6.21. The Morgan fingerprint density at radius 3 is 2.78 bits per heavy atom. The van der Waals surface area contributed by atoms with Gasteiger partial charge in [0.25, 0.3) is 11.6 Å². The van der Waals surface area contributed by atoms with Crippen LogP contribution in [0.1, 0.15) is 30.1 Å². The van der Waals surface area contributed by atoms with E-state index in [0.717, 1.165) is 0 Å². The number of hydrogen-bond donors (Lipinski definition) is 0. The number of hydrogen-bond acceptors (Lipinski definition) is 7. The van der Waals surface area contributed by atoms with Crippen LogP contribution in [0.2, 0.25) is 0 Å². The third-order valence-electron chi connectivity index (χ3n) is 4.46. The first-order valence-corrected chi connectivity index (χ1v) is 10.3. The van der Waals surface area contributed by atoms with E-state index in [4.69, 9.17) is 0 Å². The van der Waals surface area contributed by atoms with Crippen molar-refractivity contribution in [3.05, 3.63) is 46.5 Å². The average Bonchev–Trinajstić information content (AvgIpc) is 3.28. The summed E-state index contributed by atoms with van der Waals surface area (Å²) >= 11 is 0. The molecular formula is C16H19N5O5S. The molecule has 27 heavy (non-hydrogen) atoms. The van der Waals surface area contributed by atoms with Crippen LogP contribution in [0.5, 0.6) is 0 Å². The van der Waals surface area contributed by atoms with E-state index < -0.39 is 26.7 Å². The molecule has 2 heterocycles. The molecule has 1 aromatic heterocycles.